The van der Waals surface area contributed by atoms with E-state index < -0.39 is 0 Å². The maximum atomic E-state index is 12.6. The molecule has 0 unspecified atom stereocenters. The van der Waals surface area contributed by atoms with Crippen LogP contribution in [-0.2, 0) is 0 Å². The van der Waals surface area contributed by atoms with Crippen LogP contribution >= 0.6 is 38.5 Å². The van der Waals surface area contributed by atoms with Gasteiger partial charge in [-0.3, -0.25) is 4.79 Å². The van der Waals surface area contributed by atoms with Crippen LogP contribution in [0.1, 0.15) is 37.6 Å². The second-order valence-electron chi connectivity index (χ2n) is 6.10. The van der Waals surface area contributed by atoms with Crippen LogP contribution in [0.5, 0.6) is 0 Å². The van der Waals surface area contributed by atoms with E-state index in [2.05, 4.69) is 65.4 Å². The third kappa shape index (κ3) is 3.64. The summed E-state index contributed by atoms with van der Waals surface area (Å²) in [4.78, 5) is 14.5. The van der Waals surface area contributed by atoms with Crippen LogP contribution in [0.15, 0.2) is 34.3 Å². The summed E-state index contributed by atoms with van der Waals surface area (Å²) in [6.45, 7) is 8.20. The number of rotatable bonds is 1. The Bertz CT molecular complexity index is 560. The molecule has 2 nitrogen and oxygen atoms in total. The summed E-state index contributed by atoms with van der Waals surface area (Å²) in [7, 11) is 0. The number of benzene rings is 1. The van der Waals surface area contributed by atoms with Gasteiger partial charge in [-0.15, -0.1) is 0 Å². The van der Waals surface area contributed by atoms with Crippen molar-refractivity contribution in [1.29, 1.82) is 0 Å². The van der Waals surface area contributed by atoms with Crippen LogP contribution in [0.2, 0.25) is 0 Å². The van der Waals surface area contributed by atoms with Crippen LogP contribution in [0, 0.1) is 8.99 Å². The number of hydrogen-bond acceptors (Lipinski definition) is 1. The highest BCUT2D eigenvalue weighted by molar-refractivity contribution is 14.1. The van der Waals surface area contributed by atoms with Crippen molar-refractivity contribution in [2.24, 2.45) is 5.41 Å². The molecule has 0 bridgehead atoms. The Morgan fingerprint density at radius 2 is 2.05 bits per heavy atom. The summed E-state index contributed by atoms with van der Waals surface area (Å²) in [6, 6.07) is 5.88. The Morgan fingerprint density at radius 3 is 2.60 bits per heavy atom. The Kier molecular flexibility index (Phi) is 4.95. The van der Waals surface area contributed by atoms with Gasteiger partial charge in [0.25, 0.3) is 5.91 Å². The van der Waals surface area contributed by atoms with Crippen molar-refractivity contribution >= 4 is 44.4 Å². The third-order valence-corrected chi connectivity index (χ3v) is 4.98. The molecule has 0 radical (unpaired) electrons. The minimum absolute atomic E-state index is 0.111. The predicted molar refractivity (Wildman–Crippen MR) is 94.9 cm³/mol. The molecule has 0 N–H and O–H groups in total. The van der Waals surface area contributed by atoms with Gasteiger partial charge in [0, 0.05) is 21.1 Å². The quantitative estimate of drug-likeness (QED) is 0.444. The zero-order chi connectivity index (χ0) is 14.9. The van der Waals surface area contributed by atoms with E-state index in [0.29, 0.717) is 6.54 Å². The van der Waals surface area contributed by atoms with Crippen molar-refractivity contribution in [1.82, 2.24) is 4.90 Å². The first-order valence-electron chi connectivity index (χ1n) is 6.73. The van der Waals surface area contributed by atoms with Crippen LogP contribution in [0.25, 0.3) is 0 Å². The lowest BCUT2D eigenvalue weighted by molar-refractivity contribution is 0.0764. The lowest BCUT2D eigenvalue weighted by Gasteiger charge is -2.32. The minimum atomic E-state index is 0.111. The molecule has 0 aliphatic carbocycles. The third-order valence-electron chi connectivity index (χ3n) is 3.62. The summed E-state index contributed by atoms with van der Waals surface area (Å²) in [5.74, 6) is 0.111. The number of carbonyl (C=O) groups is 1. The monoisotopic (exact) mass is 447 g/mol. The second kappa shape index (κ2) is 6.18. The van der Waals surface area contributed by atoms with E-state index in [-0.39, 0.29) is 11.3 Å². The van der Waals surface area contributed by atoms with Crippen LogP contribution in [0.4, 0.5) is 0 Å². The SMILES string of the molecule is CC(C)(C)C1=CCN(C(=O)c2cc(I)ccc2Br)CC1. The van der Waals surface area contributed by atoms with E-state index in [9.17, 15) is 4.79 Å². The topological polar surface area (TPSA) is 20.3 Å². The molecule has 0 spiro atoms. The van der Waals surface area contributed by atoms with Crippen LogP contribution in [0.3, 0.4) is 0 Å². The highest BCUT2D eigenvalue weighted by atomic mass is 127. The first-order valence-corrected chi connectivity index (χ1v) is 8.60. The first-order chi connectivity index (χ1) is 9.29. The van der Waals surface area contributed by atoms with Gasteiger partial charge in [-0.25, -0.2) is 0 Å². The van der Waals surface area contributed by atoms with Gasteiger partial charge in [-0.1, -0.05) is 32.4 Å². The molecule has 20 heavy (non-hydrogen) atoms. The summed E-state index contributed by atoms with van der Waals surface area (Å²) in [6.07, 6.45) is 3.18. The summed E-state index contributed by atoms with van der Waals surface area (Å²) in [5.41, 5.74) is 2.41. The molecule has 0 saturated carbocycles. The molecular weight excluding hydrogens is 429 g/mol. The summed E-state index contributed by atoms with van der Waals surface area (Å²) >= 11 is 5.71. The molecular formula is C16H19BrINO. The second-order valence-corrected chi connectivity index (χ2v) is 8.20. The molecule has 0 aromatic heterocycles. The van der Waals surface area contributed by atoms with Crippen LogP contribution in [-0.4, -0.2) is 23.9 Å². The van der Waals surface area contributed by atoms with Crippen molar-refractivity contribution in [3.05, 3.63) is 43.5 Å². The Hall–Kier alpha value is -0.360. The van der Waals surface area contributed by atoms with Crippen molar-refractivity contribution in [2.45, 2.75) is 27.2 Å². The fourth-order valence-electron chi connectivity index (χ4n) is 2.37. The van der Waals surface area contributed by atoms with Gasteiger partial charge < -0.3 is 4.90 Å². The highest BCUT2D eigenvalue weighted by Gasteiger charge is 2.25. The fraction of sp³-hybridized carbons (Fsp3) is 0.438. The lowest BCUT2D eigenvalue weighted by atomic mass is 9.83. The lowest BCUT2D eigenvalue weighted by Crippen LogP contribution is -2.36. The Balaban J connectivity index is 2.17. The molecule has 108 valence electrons. The number of halogens is 2. The summed E-state index contributed by atoms with van der Waals surface area (Å²) < 4.78 is 1.95. The van der Waals surface area contributed by atoms with Crippen molar-refractivity contribution in [2.75, 3.05) is 13.1 Å². The first kappa shape index (κ1) is 16.0. The average Bonchev–Trinajstić information content (AvgIpc) is 2.40. The van der Waals surface area contributed by atoms with E-state index in [1.165, 1.54) is 5.57 Å². The molecule has 2 rings (SSSR count). The van der Waals surface area contributed by atoms with Crippen molar-refractivity contribution in [3.63, 3.8) is 0 Å². The summed E-state index contributed by atoms with van der Waals surface area (Å²) in [5, 5.41) is 0. The average molecular weight is 448 g/mol. The Morgan fingerprint density at radius 1 is 1.35 bits per heavy atom. The zero-order valence-electron chi connectivity index (χ0n) is 12.0. The van der Waals surface area contributed by atoms with Gasteiger partial charge in [0.05, 0.1) is 5.56 Å². The number of carbonyl (C=O) groups excluding carboxylic acids is 1. The predicted octanol–water partition coefficient (Wildman–Crippen LogP) is 4.87. The molecule has 1 aliphatic heterocycles. The van der Waals surface area contributed by atoms with E-state index in [0.717, 1.165) is 26.6 Å². The molecule has 1 heterocycles. The Labute approximate surface area is 142 Å². The van der Waals surface area contributed by atoms with Gasteiger partial charge >= 0.3 is 0 Å². The maximum absolute atomic E-state index is 12.6. The zero-order valence-corrected chi connectivity index (χ0v) is 15.8. The molecule has 4 heteroatoms. The fourth-order valence-corrected chi connectivity index (χ4v) is 3.27. The number of nitrogens with zero attached hydrogens (tertiary/aromatic N) is 1. The van der Waals surface area contributed by atoms with Gasteiger partial charge in [0.2, 0.25) is 0 Å². The van der Waals surface area contributed by atoms with Crippen LogP contribution < -0.4 is 0 Å². The van der Waals surface area contributed by atoms with Gasteiger partial charge in [-0.05, 0) is 68.6 Å². The molecule has 0 atom stereocenters. The number of hydrogen-bond donors (Lipinski definition) is 0. The molecule has 1 amide bonds. The van der Waals surface area contributed by atoms with Crippen molar-refractivity contribution in [3.8, 4) is 0 Å². The van der Waals surface area contributed by atoms with E-state index >= 15 is 0 Å². The largest absolute Gasteiger partial charge is 0.335 e. The van der Waals surface area contributed by atoms with E-state index in [1.807, 2.05) is 23.1 Å². The molecule has 1 aromatic rings. The van der Waals surface area contributed by atoms with Gasteiger partial charge in [0.15, 0.2) is 0 Å². The molecule has 0 fully saturated rings. The van der Waals surface area contributed by atoms with Gasteiger partial charge in [0.1, 0.15) is 0 Å². The molecule has 0 saturated heterocycles. The molecule has 1 aliphatic rings. The normalized spacial score (nSPS) is 16.1. The maximum Gasteiger partial charge on any atom is 0.255 e. The highest BCUT2D eigenvalue weighted by Crippen LogP contribution is 2.31. The smallest absolute Gasteiger partial charge is 0.255 e. The van der Waals surface area contributed by atoms with E-state index in [1.54, 1.807) is 0 Å². The van der Waals surface area contributed by atoms with E-state index in [4.69, 9.17) is 0 Å². The molecule has 1 aromatic carbocycles. The van der Waals surface area contributed by atoms with Gasteiger partial charge in [-0.2, -0.15) is 0 Å². The standard InChI is InChI=1S/C16H19BrINO/c1-16(2,3)11-6-8-19(9-7-11)15(20)13-10-12(18)4-5-14(13)17/h4-6,10H,7-9H2,1-3H3. The van der Waals surface area contributed by atoms with Crippen molar-refractivity contribution < 1.29 is 4.79 Å². The minimum Gasteiger partial charge on any atom is -0.335 e. The number of amides is 1.